The maximum Gasteiger partial charge on any atom is 0.305 e. The molecule has 0 aliphatic carbocycles. The van der Waals surface area contributed by atoms with E-state index in [-0.39, 0.29) is 12.1 Å². The van der Waals surface area contributed by atoms with Crippen LogP contribution >= 0.6 is 0 Å². The molecular formula is C7H13NO2. The molecule has 0 saturated heterocycles. The minimum atomic E-state index is -0.125. The summed E-state index contributed by atoms with van der Waals surface area (Å²) in [6, 6.07) is 0. The first kappa shape index (κ1) is 11.7. The standard InChI is InChI=1S/C6H12O2.CHN/c1-4-6(7)8-5(2)3;1-2/h5H,4H2,1-3H3;1H. The quantitative estimate of drug-likeness (QED) is 0.550. The number of ether oxygens (including phenoxy) is 1. The van der Waals surface area contributed by atoms with Crippen LogP contribution in [0.3, 0.4) is 0 Å². The third kappa shape index (κ3) is 10.0. The zero-order valence-corrected chi connectivity index (χ0v) is 6.63. The van der Waals surface area contributed by atoms with Gasteiger partial charge in [-0.2, -0.15) is 0 Å². The fourth-order valence-corrected chi connectivity index (χ4v) is 0.346. The van der Waals surface area contributed by atoms with Crippen molar-refractivity contribution < 1.29 is 9.53 Å². The zero-order valence-electron chi connectivity index (χ0n) is 6.63. The van der Waals surface area contributed by atoms with Crippen molar-refractivity contribution in [1.82, 2.24) is 0 Å². The minimum absolute atomic E-state index is 0.0300. The zero-order chi connectivity index (χ0) is 8.57. The molecular weight excluding hydrogens is 130 g/mol. The molecule has 0 heterocycles. The number of hydrogen-bond donors (Lipinski definition) is 0. The number of rotatable bonds is 2. The number of carbonyl (C=O) groups excluding carboxylic acids is 1. The molecule has 0 aromatic rings. The van der Waals surface area contributed by atoms with E-state index in [1.807, 2.05) is 13.8 Å². The van der Waals surface area contributed by atoms with Crippen molar-refractivity contribution in [1.29, 1.82) is 5.26 Å². The molecule has 0 amide bonds. The van der Waals surface area contributed by atoms with Crippen LogP contribution in [0.1, 0.15) is 27.2 Å². The summed E-state index contributed by atoms with van der Waals surface area (Å²) in [6.07, 6.45) is 0.500. The van der Waals surface area contributed by atoms with Crippen LogP contribution in [0.15, 0.2) is 0 Å². The van der Waals surface area contributed by atoms with Crippen molar-refractivity contribution in [2.24, 2.45) is 0 Å². The predicted molar refractivity (Wildman–Crippen MR) is 38.2 cm³/mol. The largest absolute Gasteiger partial charge is 0.463 e. The Balaban J connectivity index is 0. The Morgan fingerprint density at radius 2 is 2.00 bits per heavy atom. The Morgan fingerprint density at radius 3 is 2.10 bits per heavy atom. The summed E-state index contributed by atoms with van der Waals surface area (Å²) in [5, 5.41) is 6.50. The lowest BCUT2D eigenvalue weighted by Crippen LogP contribution is -2.09. The second-order valence-electron chi connectivity index (χ2n) is 1.89. The van der Waals surface area contributed by atoms with Crippen molar-refractivity contribution in [2.45, 2.75) is 33.3 Å². The van der Waals surface area contributed by atoms with Crippen molar-refractivity contribution in [3.63, 3.8) is 0 Å². The molecule has 10 heavy (non-hydrogen) atoms. The van der Waals surface area contributed by atoms with E-state index in [2.05, 4.69) is 6.57 Å². The van der Waals surface area contributed by atoms with E-state index in [0.29, 0.717) is 6.42 Å². The molecule has 0 aliphatic heterocycles. The smallest absolute Gasteiger partial charge is 0.305 e. The van der Waals surface area contributed by atoms with Gasteiger partial charge < -0.3 is 4.74 Å². The van der Waals surface area contributed by atoms with E-state index < -0.39 is 0 Å². The molecule has 0 aliphatic rings. The van der Waals surface area contributed by atoms with Crippen LogP contribution in [0.25, 0.3) is 0 Å². The molecule has 0 fully saturated rings. The summed E-state index contributed by atoms with van der Waals surface area (Å²) in [6.45, 7) is 8.96. The molecule has 0 saturated carbocycles. The average molecular weight is 143 g/mol. The summed E-state index contributed by atoms with van der Waals surface area (Å²) in [7, 11) is 0. The van der Waals surface area contributed by atoms with Gasteiger partial charge in [-0.3, -0.25) is 4.79 Å². The van der Waals surface area contributed by atoms with Crippen LogP contribution in [-0.4, -0.2) is 12.1 Å². The van der Waals surface area contributed by atoms with Crippen molar-refractivity contribution >= 4 is 5.97 Å². The molecule has 0 spiro atoms. The Labute approximate surface area is 61.6 Å². The molecule has 0 atom stereocenters. The van der Waals surface area contributed by atoms with E-state index in [9.17, 15) is 4.79 Å². The highest BCUT2D eigenvalue weighted by Crippen LogP contribution is 1.90. The molecule has 0 aromatic carbocycles. The van der Waals surface area contributed by atoms with E-state index in [4.69, 9.17) is 10.00 Å². The fraction of sp³-hybridized carbons (Fsp3) is 0.714. The van der Waals surface area contributed by atoms with Gasteiger partial charge in [0.25, 0.3) is 0 Å². The maximum atomic E-state index is 10.4. The van der Waals surface area contributed by atoms with Gasteiger partial charge in [0, 0.05) is 13.0 Å². The van der Waals surface area contributed by atoms with Crippen molar-refractivity contribution in [3.05, 3.63) is 0 Å². The molecule has 0 rings (SSSR count). The lowest BCUT2D eigenvalue weighted by atomic mass is 10.4. The summed E-state index contributed by atoms with van der Waals surface area (Å²) in [5.41, 5.74) is 0. The van der Waals surface area contributed by atoms with Gasteiger partial charge in [-0.25, -0.2) is 5.26 Å². The Bertz CT molecular complexity index is 107. The Kier molecular flexibility index (Phi) is 9.33. The predicted octanol–water partition coefficient (Wildman–Crippen LogP) is 1.49. The van der Waals surface area contributed by atoms with Gasteiger partial charge in [0.2, 0.25) is 0 Å². The molecule has 0 aromatic heterocycles. The summed E-state index contributed by atoms with van der Waals surface area (Å²) in [4.78, 5) is 10.4. The van der Waals surface area contributed by atoms with Gasteiger partial charge in [0.1, 0.15) is 0 Å². The van der Waals surface area contributed by atoms with Crippen LogP contribution < -0.4 is 0 Å². The molecule has 0 unspecified atom stereocenters. The van der Waals surface area contributed by atoms with Crippen LogP contribution in [0, 0.1) is 11.8 Å². The minimum Gasteiger partial charge on any atom is -0.463 e. The first-order valence-corrected chi connectivity index (χ1v) is 3.12. The molecule has 0 radical (unpaired) electrons. The molecule has 3 nitrogen and oxygen atoms in total. The highest BCUT2D eigenvalue weighted by molar-refractivity contribution is 5.68. The van der Waals surface area contributed by atoms with Gasteiger partial charge >= 0.3 is 5.97 Å². The summed E-state index contributed by atoms with van der Waals surface area (Å²) >= 11 is 0. The number of nitriles is 1. The maximum absolute atomic E-state index is 10.4. The number of esters is 1. The van der Waals surface area contributed by atoms with Gasteiger partial charge in [-0.1, -0.05) is 6.92 Å². The summed E-state index contributed by atoms with van der Waals surface area (Å²) in [5.74, 6) is -0.125. The van der Waals surface area contributed by atoms with E-state index in [0.717, 1.165) is 0 Å². The second-order valence-corrected chi connectivity index (χ2v) is 1.89. The molecule has 3 heteroatoms. The second kappa shape index (κ2) is 7.96. The van der Waals surface area contributed by atoms with Crippen LogP contribution in [-0.2, 0) is 9.53 Å². The average Bonchev–Trinajstić information content (AvgIpc) is 1.91. The van der Waals surface area contributed by atoms with E-state index in [1.54, 1.807) is 6.92 Å². The number of hydrogen-bond acceptors (Lipinski definition) is 3. The van der Waals surface area contributed by atoms with Gasteiger partial charge in [0.15, 0.2) is 0 Å². The lowest BCUT2D eigenvalue weighted by Gasteiger charge is -2.04. The van der Waals surface area contributed by atoms with Crippen LogP contribution in [0.4, 0.5) is 0 Å². The first-order valence-electron chi connectivity index (χ1n) is 3.12. The monoisotopic (exact) mass is 143 g/mol. The number of carbonyl (C=O) groups is 1. The highest BCUT2D eigenvalue weighted by Gasteiger charge is 1.98. The topological polar surface area (TPSA) is 50.1 Å². The van der Waals surface area contributed by atoms with Crippen LogP contribution in [0.2, 0.25) is 0 Å². The van der Waals surface area contributed by atoms with E-state index in [1.165, 1.54) is 0 Å². The normalized spacial score (nSPS) is 7.80. The van der Waals surface area contributed by atoms with Crippen molar-refractivity contribution in [2.75, 3.05) is 0 Å². The summed E-state index contributed by atoms with van der Waals surface area (Å²) < 4.78 is 4.76. The molecule has 58 valence electrons. The Morgan fingerprint density at radius 1 is 1.60 bits per heavy atom. The fourth-order valence-electron chi connectivity index (χ4n) is 0.346. The van der Waals surface area contributed by atoms with Gasteiger partial charge in [-0.15, -0.1) is 0 Å². The third-order valence-corrected chi connectivity index (χ3v) is 0.656. The van der Waals surface area contributed by atoms with E-state index >= 15 is 0 Å². The van der Waals surface area contributed by atoms with Gasteiger partial charge in [-0.05, 0) is 13.8 Å². The van der Waals surface area contributed by atoms with Crippen LogP contribution in [0.5, 0.6) is 0 Å². The van der Waals surface area contributed by atoms with Gasteiger partial charge in [0.05, 0.1) is 6.10 Å². The molecule has 0 N–H and O–H groups in total. The Hall–Kier alpha value is -1.04. The first-order chi connectivity index (χ1) is 4.66. The van der Waals surface area contributed by atoms with Crippen molar-refractivity contribution in [3.8, 4) is 6.57 Å². The molecule has 0 bridgehead atoms. The third-order valence-electron chi connectivity index (χ3n) is 0.656. The highest BCUT2D eigenvalue weighted by atomic mass is 16.5. The number of nitrogens with zero attached hydrogens (tertiary/aromatic N) is 1. The SMILES string of the molecule is C#N.CCC(=O)OC(C)C. The lowest BCUT2D eigenvalue weighted by molar-refractivity contribution is -0.146.